The van der Waals surface area contributed by atoms with Crippen LogP contribution in [0.5, 0.6) is 0 Å². The van der Waals surface area contributed by atoms with Crippen LogP contribution in [0.25, 0.3) is 0 Å². The van der Waals surface area contributed by atoms with Crippen molar-refractivity contribution in [2.24, 2.45) is 34.5 Å². The normalized spacial score (nSPS) is 49.0. The quantitative estimate of drug-likeness (QED) is 0.688. The summed E-state index contributed by atoms with van der Waals surface area (Å²) in [6, 6.07) is 0. The summed E-state index contributed by atoms with van der Waals surface area (Å²) >= 11 is 0. The van der Waals surface area contributed by atoms with Gasteiger partial charge in [-0.25, -0.2) is 0 Å². The molecule has 1 N–H and O–H groups in total. The number of hydrogen-bond donors (Lipinski definition) is 1. The van der Waals surface area contributed by atoms with Crippen LogP contribution in [-0.2, 0) is 9.59 Å². The Labute approximate surface area is 137 Å². The lowest BCUT2D eigenvalue weighted by atomic mass is 9.38. The summed E-state index contributed by atoms with van der Waals surface area (Å²) in [5.41, 5.74) is 0.194. The number of Topliss-reactive ketones (excluding diaryl/α,β-unsaturated/α-hetero) is 2. The van der Waals surface area contributed by atoms with Gasteiger partial charge in [-0.05, 0) is 63.2 Å². The van der Waals surface area contributed by atoms with Gasteiger partial charge in [0.15, 0.2) is 11.5 Å². The zero-order valence-electron chi connectivity index (χ0n) is 14.5. The summed E-state index contributed by atoms with van der Waals surface area (Å²) in [7, 11) is 0. The summed E-state index contributed by atoms with van der Waals surface area (Å²) in [6.45, 7) is 8.09. The second kappa shape index (κ2) is 4.37. The van der Waals surface area contributed by atoms with Crippen LogP contribution in [0.15, 0.2) is 23.0 Å². The van der Waals surface area contributed by atoms with Crippen molar-refractivity contribution in [1.29, 1.82) is 0 Å². The second-order valence-electron chi connectivity index (χ2n) is 8.57. The predicted molar refractivity (Wildman–Crippen MR) is 87.7 cm³/mol. The molecule has 23 heavy (non-hydrogen) atoms. The van der Waals surface area contributed by atoms with Gasteiger partial charge in [0.05, 0.1) is 10.8 Å². The van der Waals surface area contributed by atoms with E-state index in [0.29, 0.717) is 17.9 Å². The van der Waals surface area contributed by atoms with E-state index in [9.17, 15) is 14.7 Å². The number of rotatable bonds is 0. The van der Waals surface area contributed by atoms with E-state index in [2.05, 4.69) is 26.8 Å². The first-order valence-electron chi connectivity index (χ1n) is 8.95. The molecule has 6 atom stereocenters. The van der Waals surface area contributed by atoms with Gasteiger partial charge in [0.25, 0.3) is 0 Å². The standard InChI is InChI=1S/C20H26O3/c1-10-7-14-8-11(2)15-6-5-12(3)19(9-10)18(23)16(21)13(4)17(22)20(14,15)19/h7,11-12,14-15,21H,5-6,8-9H2,1-4H3/t11-,12?,14+,15+,19?,20?/m0/s1. The molecule has 4 aliphatic rings. The third kappa shape index (κ3) is 1.39. The predicted octanol–water partition coefficient (Wildman–Crippen LogP) is 4.00. The Morgan fingerprint density at radius 3 is 2.52 bits per heavy atom. The van der Waals surface area contributed by atoms with Crippen molar-refractivity contribution in [3.63, 3.8) is 0 Å². The number of hydrogen-bond acceptors (Lipinski definition) is 3. The Morgan fingerprint density at radius 2 is 1.83 bits per heavy atom. The van der Waals surface area contributed by atoms with E-state index in [4.69, 9.17) is 0 Å². The number of allylic oxidation sites excluding steroid dienone is 4. The highest BCUT2D eigenvalue weighted by molar-refractivity contribution is 6.17. The van der Waals surface area contributed by atoms with Gasteiger partial charge < -0.3 is 5.11 Å². The van der Waals surface area contributed by atoms with E-state index in [1.165, 1.54) is 5.57 Å². The Bertz CT molecular complexity index is 685. The van der Waals surface area contributed by atoms with Crippen molar-refractivity contribution >= 4 is 11.6 Å². The van der Waals surface area contributed by atoms with Crippen LogP contribution in [0, 0.1) is 34.5 Å². The molecular formula is C20H26O3. The minimum absolute atomic E-state index is 0.0595. The number of ketones is 2. The molecule has 4 rings (SSSR count). The maximum atomic E-state index is 13.5. The van der Waals surface area contributed by atoms with Crippen LogP contribution < -0.4 is 0 Å². The molecule has 3 heteroatoms. The van der Waals surface area contributed by atoms with E-state index >= 15 is 0 Å². The van der Waals surface area contributed by atoms with Gasteiger partial charge in [-0.15, -0.1) is 0 Å². The fourth-order valence-corrected chi connectivity index (χ4v) is 6.92. The largest absolute Gasteiger partial charge is 0.504 e. The van der Waals surface area contributed by atoms with Gasteiger partial charge in [-0.3, -0.25) is 9.59 Å². The van der Waals surface area contributed by atoms with Crippen LogP contribution >= 0.6 is 0 Å². The molecule has 1 spiro atoms. The number of aliphatic hydroxyl groups excluding tert-OH is 1. The van der Waals surface area contributed by atoms with Crippen molar-refractivity contribution in [3.8, 4) is 0 Å². The molecule has 124 valence electrons. The second-order valence-corrected chi connectivity index (χ2v) is 8.57. The molecule has 3 nitrogen and oxygen atoms in total. The summed E-state index contributed by atoms with van der Waals surface area (Å²) in [5.74, 6) is 0.662. The molecule has 0 bridgehead atoms. The zero-order chi connectivity index (χ0) is 16.7. The summed E-state index contributed by atoms with van der Waals surface area (Å²) in [4.78, 5) is 26.9. The number of carbonyl (C=O) groups is 2. The van der Waals surface area contributed by atoms with Crippen LogP contribution in [-0.4, -0.2) is 16.7 Å². The van der Waals surface area contributed by atoms with Crippen molar-refractivity contribution in [3.05, 3.63) is 23.0 Å². The maximum Gasteiger partial charge on any atom is 0.205 e. The highest BCUT2D eigenvalue weighted by Crippen LogP contribution is 2.73. The fraction of sp³-hybridized carbons (Fsp3) is 0.700. The number of carbonyl (C=O) groups excluding carboxylic acids is 2. The average molecular weight is 314 g/mol. The molecule has 4 aliphatic carbocycles. The molecule has 3 unspecified atom stereocenters. The van der Waals surface area contributed by atoms with E-state index in [0.717, 1.165) is 19.3 Å². The first kappa shape index (κ1) is 15.2. The molecule has 0 radical (unpaired) electrons. The van der Waals surface area contributed by atoms with Crippen LogP contribution in [0.3, 0.4) is 0 Å². The highest BCUT2D eigenvalue weighted by atomic mass is 16.3. The first-order valence-corrected chi connectivity index (χ1v) is 8.95. The molecule has 0 saturated heterocycles. The minimum atomic E-state index is -0.717. The summed E-state index contributed by atoms with van der Waals surface area (Å²) in [5, 5.41) is 10.4. The third-order valence-corrected chi connectivity index (χ3v) is 7.71. The third-order valence-electron chi connectivity index (χ3n) is 7.71. The van der Waals surface area contributed by atoms with Gasteiger partial charge >= 0.3 is 0 Å². The lowest BCUT2D eigenvalue weighted by Gasteiger charge is -2.62. The van der Waals surface area contributed by atoms with Gasteiger partial charge in [0.2, 0.25) is 5.78 Å². The molecule has 0 heterocycles. The van der Waals surface area contributed by atoms with Crippen molar-refractivity contribution in [2.75, 3.05) is 0 Å². The van der Waals surface area contributed by atoms with Crippen molar-refractivity contribution in [1.82, 2.24) is 0 Å². The Hall–Kier alpha value is -1.38. The van der Waals surface area contributed by atoms with Gasteiger partial charge in [0, 0.05) is 5.57 Å². The topological polar surface area (TPSA) is 54.4 Å². The SMILES string of the molecule is CC1=C[C@@H]2C[C@H](C)[C@H]3CCC(C)C4(C1)C(=O)C(O)=C(C)C(=O)C234. The summed E-state index contributed by atoms with van der Waals surface area (Å²) in [6.07, 6.45) is 5.90. The highest BCUT2D eigenvalue weighted by Gasteiger charge is 2.76. The molecule has 0 aliphatic heterocycles. The monoisotopic (exact) mass is 314 g/mol. The Kier molecular flexibility index (Phi) is 2.88. The van der Waals surface area contributed by atoms with Crippen LogP contribution in [0.2, 0.25) is 0 Å². The molecule has 2 fully saturated rings. The lowest BCUT2D eigenvalue weighted by Crippen LogP contribution is -2.66. The molecule has 2 saturated carbocycles. The molecule has 0 aromatic carbocycles. The van der Waals surface area contributed by atoms with E-state index in [1.54, 1.807) is 6.92 Å². The minimum Gasteiger partial charge on any atom is -0.504 e. The molecule has 0 aromatic heterocycles. The fourth-order valence-electron chi connectivity index (χ4n) is 6.92. The van der Waals surface area contributed by atoms with Crippen LogP contribution in [0.1, 0.15) is 53.4 Å². The maximum absolute atomic E-state index is 13.5. The zero-order valence-corrected chi connectivity index (χ0v) is 14.5. The first-order chi connectivity index (χ1) is 10.8. The molecule has 0 amide bonds. The van der Waals surface area contributed by atoms with Gasteiger partial charge in [-0.1, -0.05) is 25.5 Å². The van der Waals surface area contributed by atoms with Crippen LogP contribution in [0.4, 0.5) is 0 Å². The lowest BCUT2D eigenvalue weighted by molar-refractivity contribution is -0.174. The van der Waals surface area contributed by atoms with Crippen molar-refractivity contribution in [2.45, 2.75) is 53.4 Å². The van der Waals surface area contributed by atoms with E-state index in [-0.39, 0.29) is 35.1 Å². The Morgan fingerprint density at radius 1 is 1.13 bits per heavy atom. The smallest absolute Gasteiger partial charge is 0.205 e. The van der Waals surface area contributed by atoms with Gasteiger partial charge in [0.1, 0.15) is 0 Å². The van der Waals surface area contributed by atoms with Crippen molar-refractivity contribution < 1.29 is 14.7 Å². The molecular weight excluding hydrogens is 288 g/mol. The number of aliphatic hydroxyl groups is 1. The van der Waals surface area contributed by atoms with E-state index in [1.807, 2.05) is 0 Å². The average Bonchev–Trinajstić information content (AvgIpc) is 2.79. The molecule has 0 aromatic rings. The Balaban J connectivity index is 2.10. The van der Waals surface area contributed by atoms with Gasteiger partial charge in [-0.2, -0.15) is 0 Å². The van der Waals surface area contributed by atoms with E-state index < -0.39 is 10.8 Å². The summed E-state index contributed by atoms with van der Waals surface area (Å²) < 4.78 is 0.